The molecule has 0 aliphatic heterocycles. The molecule has 0 unspecified atom stereocenters. The first-order valence-corrected chi connectivity index (χ1v) is 17.8. The molecule has 0 atom stereocenters. The third kappa shape index (κ3) is 12.6. The summed E-state index contributed by atoms with van der Waals surface area (Å²) in [5.41, 5.74) is 1.18. The maximum absolute atomic E-state index is 12.3. The number of carbonyl (C=O) groups excluding carboxylic acids is 4. The number of benzene rings is 2. The monoisotopic (exact) mass is 818 g/mol. The largest absolute Gasteiger partial charge is 0.460 e. The number of esters is 1. The Morgan fingerprint density at radius 2 is 1.20 bits per heavy atom. The van der Waals surface area contributed by atoms with E-state index in [0.717, 1.165) is 30.8 Å². The predicted molar refractivity (Wildman–Crippen MR) is 200 cm³/mol. The summed E-state index contributed by atoms with van der Waals surface area (Å²) in [6.45, 7) is 22.4. The van der Waals surface area contributed by atoms with Gasteiger partial charge in [0, 0.05) is 38.8 Å². The molecule has 0 N–H and O–H groups in total. The molecule has 272 valence electrons. The number of ether oxygens (including phenoxy) is 3. The molecule has 0 amide bonds. The molecule has 2 aromatic heterocycles. The Morgan fingerprint density at radius 1 is 0.680 bits per heavy atom. The standard InChI is InChI=1S/C19H25BrN2O3.C18H23BrN2O4/c1-18(2,3)10-14(23)8-12-7-13-11-21-22(16(13)9-15(12)20)17(24)25-19(4,5)6;1-17(2,3)24-15(22)8-11-7-12-10-21(16(23)25-18(4,5)6)20-14(12)9-13(11)19/h7,9,11H,8,10H2,1-6H3;7,9-10H,8H2,1-6H3. The Morgan fingerprint density at radius 3 is 1.76 bits per heavy atom. The zero-order chi connectivity index (χ0) is 38.0. The molecule has 0 saturated heterocycles. The minimum atomic E-state index is -0.600. The first-order chi connectivity index (χ1) is 22.7. The Kier molecular flexibility index (Phi) is 12.5. The molecular weight excluding hydrogens is 772 g/mol. The average Bonchev–Trinajstić information content (AvgIpc) is 3.49. The van der Waals surface area contributed by atoms with Crippen molar-refractivity contribution >= 4 is 77.6 Å². The van der Waals surface area contributed by atoms with Crippen molar-refractivity contribution in [1.82, 2.24) is 19.6 Å². The van der Waals surface area contributed by atoms with Gasteiger partial charge >= 0.3 is 18.2 Å². The number of halogens is 2. The van der Waals surface area contributed by atoms with Crippen LogP contribution in [0.1, 0.15) is 101 Å². The fraction of sp³-hybridized carbons (Fsp3) is 0.514. The second-order valence-electron chi connectivity index (χ2n) is 16.3. The van der Waals surface area contributed by atoms with Gasteiger partial charge in [0.25, 0.3) is 0 Å². The summed E-state index contributed by atoms with van der Waals surface area (Å²) in [4.78, 5) is 48.7. The normalized spacial score (nSPS) is 12.4. The van der Waals surface area contributed by atoms with E-state index in [0.29, 0.717) is 23.9 Å². The van der Waals surface area contributed by atoms with Crippen molar-refractivity contribution in [3.05, 3.63) is 56.7 Å². The number of rotatable bonds is 5. The van der Waals surface area contributed by atoms with Crippen LogP contribution in [0.25, 0.3) is 21.8 Å². The highest BCUT2D eigenvalue weighted by atomic mass is 79.9. The highest BCUT2D eigenvalue weighted by Gasteiger charge is 2.23. The van der Waals surface area contributed by atoms with Gasteiger partial charge in [-0.05, 0) is 103 Å². The third-order valence-corrected chi connectivity index (χ3v) is 7.90. The summed E-state index contributed by atoms with van der Waals surface area (Å²) < 4.78 is 20.0. The SMILES string of the molecule is CC(C)(C)CC(=O)Cc1cc2cnn(C(=O)OC(C)(C)C)c2cc1Br.CC(C)(C)OC(=O)Cc1cc2cn(C(=O)OC(C)(C)C)nc2cc1Br. The van der Waals surface area contributed by atoms with Gasteiger partial charge in [-0.2, -0.15) is 19.6 Å². The smallest absolute Gasteiger partial charge is 0.435 e. The first kappa shape index (κ1) is 40.8. The van der Waals surface area contributed by atoms with Crippen LogP contribution in [0.15, 0.2) is 45.6 Å². The molecule has 0 bridgehead atoms. The van der Waals surface area contributed by atoms with Crippen molar-refractivity contribution in [3.8, 4) is 0 Å². The van der Waals surface area contributed by atoms with E-state index in [1.54, 1.807) is 39.2 Å². The number of aromatic nitrogens is 4. The summed E-state index contributed by atoms with van der Waals surface area (Å²) in [6, 6.07) is 7.30. The molecule has 0 saturated carbocycles. The van der Waals surface area contributed by atoms with Gasteiger partial charge in [-0.1, -0.05) is 52.6 Å². The summed E-state index contributed by atoms with van der Waals surface area (Å²) >= 11 is 6.96. The van der Waals surface area contributed by atoms with Gasteiger partial charge in [-0.15, -0.1) is 0 Å². The highest BCUT2D eigenvalue weighted by molar-refractivity contribution is 9.10. The molecule has 0 aliphatic rings. The molecule has 4 rings (SSSR count). The van der Waals surface area contributed by atoms with Gasteiger partial charge < -0.3 is 14.2 Å². The lowest BCUT2D eigenvalue weighted by Gasteiger charge is -2.19. The molecule has 2 heterocycles. The Hall–Kier alpha value is -3.58. The molecule has 0 aliphatic carbocycles. The van der Waals surface area contributed by atoms with Crippen molar-refractivity contribution in [2.24, 2.45) is 5.41 Å². The van der Waals surface area contributed by atoms with Gasteiger partial charge in [-0.3, -0.25) is 9.59 Å². The second-order valence-corrected chi connectivity index (χ2v) is 18.0. The van der Waals surface area contributed by atoms with E-state index in [1.165, 1.54) is 9.36 Å². The van der Waals surface area contributed by atoms with Crippen LogP contribution >= 0.6 is 31.9 Å². The van der Waals surface area contributed by atoms with Crippen LogP contribution in [0.5, 0.6) is 0 Å². The Balaban J connectivity index is 0.000000270. The minimum absolute atomic E-state index is 0.0325. The predicted octanol–water partition coefficient (Wildman–Crippen LogP) is 9.60. The zero-order valence-corrected chi connectivity index (χ0v) is 34.2. The number of hydrogen-bond donors (Lipinski definition) is 0. The molecule has 50 heavy (non-hydrogen) atoms. The zero-order valence-electron chi connectivity index (χ0n) is 31.0. The molecule has 0 spiro atoms. The fourth-order valence-electron chi connectivity index (χ4n) is 4.71. The van der Waals surface area contributed by atoms with E-state index < -0.39 is 29.0 Å². The minimum Gasteiger partial charge on any atom is -0.460 e. The maximum atomic E-state index is 12.3. The van der Waals surface area contributed by atoms with Crippen LogP contribution < -0.4 is 0 Å². The number of carbonyl (C=O) groups is 4. The molecule has 4 aromatic rings. The highest BCUT2D eigenvalue weighted by Crippen LogP contribution is 2.28. The van der Waals surface area contributed by atoms with Gasteiger partial charge in [0.2, 0.25) is 0 Å². The van der Waals surface area contributed by atoms with Gasteiger partial charge in [0.1, 0.15) is 22.6 Å². The van der Waals surface area contributed by atoms with Crippen LogP contribution in [0.3, 0.4) is 0 Å². The summed E-state index contributed by atoms with van der Waals surface area (Å²) in [5, 5.41) is 9.91. The van der Waals surface area contributed by atoms with Crippen molar-refractivity contribution in [2.75, 3.05) is 0 Å². The molecule has 0 radical (unpaired) electrons. The van der Waals surface area contributed by atoms with Gasteiger partial charge in [0.15, 0.2) is 0 Å². The Bertz CT molecular complexity index is 1860. The summed E-state index contributed by atoms with van der Waals surface area (Å²) in [6.07, 6.45) is 3.14. The van der Waals surface area contributed by atoms with Crippen molar-refractivity contribution < 1.29 is 33.4 Å². The maximum Gasteiger partial charge on any atom is 0.435 e. The summed E-state index contributed by atoms with van der Waals surface area (Å²) in [5.74, 6) is -0.126. The molecular formula is C37H48Br2N4O7. The molecule has 2 aromatic carbocycles. The Labute approximate surface area is 310 Å². The number of Topliss-reactive ketones (excluding diaryl/α,β-unsaturated/α-hetero) is 1. The van der Waals surface area contributed by atoms with Gasteiger partial charge in [-0.25, -0.2) is 9.59 Å². The van der Waals surface area contributed by atoms with E-state index in [-0.39, 0.29) is 23.6 Å². The van der Waals surface area contributed by atoms with E-state index in [9.17, 15) is 19.2 Å². The number of hydrogen-bond acceptors (Lipinski definition) is 9. The van der Waals surface area contributed by atoms with Crippen molar-refractivity contribution in [2.45, 2.75) is 119 Å². The second kappa shape index (κ2) is 15.3. The molecule has 11 nitrogen and oxygen atoms in total. The number of ketones is 1. The van der Waals surface area contributed by atoms with Crippen LogP contribution in [-0.4, -0.2) is 60.3 Å². The third-order valence-electron chi connectivity index (χ3n) is 6.43. The van der Waals surface area contributed by atoms with Crippen LogP contribution in [0, 0.1) is 5.41 Å². The average molecular weight is 821 g/mol. The fourth-order valence-corrected chi connectivity index (χ4v) is 5.66. The lowest BCUT2D eigenvalue weighted by molar-refractivity contribution is -0.153. The van der Waals surface area contributed by atoms with Gasteiger partial charge in [0.05, 0.1) is 23.7 Å². The van der Waals surface area contributed by atoms with E-state index >= 15 is 0 Å². The van der Waals surface area contributed by atoms with Crippen LogP contribution in [-0.2, 0) is 36.6 Å². The lowest BCUT2D eigenvalue weighted by Crippen LogP contribution is -2.27. The molecule has 13 heteroatoms. The topological polar surface area (TPSA) is 132 Å². The van der Waals surface area contributed by atoms with Crippen LogP contribution in [0.2, 0.25) is 0 Å². The molecule has 0 fully saturated rings. The summed E-state index contributed by atoms with van der Waals surface area (Å²) in [7, 11) is 0. The van der Waals surface area contributed by atoms with E-state index in [1.807, 2.05) is 80.5 Å². The first-order valence-electron chi connectivity index (χ1n) is 16.2. The van der Waals surface area contributed by atoms with E-state index in [4.69, 9.17) is 14.2 Å². The van der Waals surface area contributed by atoms with Crippen molar-refractivity contribution in [3.63, 3.8) is 0 Å². The number of nitrogens with zero attached hydrogens (tertiary/aromatic N) is 4. The van der Waals surface area contributed by atoms with Crippen LogP contribution in [0.4, 0.5) is 9.59 Å². The number of fused-ring (bicyclic) bond motifs is 2. The lowest BCUT2D eigenvalue weighted by atomic mass is 9.88. The quantitative estimate of drug-likeness (QED) is 0.143. The van der Waals surface area contributed by atoms with Crippen molar-refractivity contribution in [1.29, 1.82) is 0 Å². The van der Waals surface area contributed by atoms with E-state index in [2.05, 4.69) is 42.1 Å².